The number of pyridine rings is 1. The zero-order valence-electron chi connectivity index (χ0n) is 16.0. The standard InChI is InChI=1S/C24H20N2O3/c1-28-23-15-22(17-8-4-2-5-9-17)26-21-13-12-18(14-20(21)23)25-24(27)16-29-19-10-6-3-7-11-19/h2-15H,16H2,1H3,(H,25,27). The van der Waals surface area contributed by atoms with Crippen LogP contribution in [0.25, 0.3) is 22.2 Å². The Labute approximate surface area is 168 Å². The van der Waals surface area contributed by atoms with Gasteiger partial charge in [0.25, 0.3) is 5.91 Å². The zero-order valence-corrected chi connectivity index (χ0v) is 16.0. The summed E-state index contributed by atoms with van der Waals surface area (Å²) in [6.45, 7) is -0.0651. The number of nitrogens with one attached hydrogen (secondary N) is 1. The van der Waals surface area contributed by atoms with Crippen LogP contribution in [0.2, 0.25) is 0 Å². The van der Waals surface area contributed by atoms with Crippen LogP contribution in [-0.4, -0.2) is 24.6 Å². The number of hydrogen-bond donors (Lipinski definition) is 1. The molecule has 5 heteroatoms. The molecule has 0 radical (unpaired) electrons. The van der Waals surface area contributed by atoms with Crippen molar-refractivity contribution >= 4 is 22.5 Å². The third-order valence-electron chi connectivity index (χ3n) is 4.46. The monoisotopic (exact) mass is 384 g/mol. The highest BCUT2D eigenvalue weighted by atomic mass is 16.5. The molecule has 1 amide bonds. The van der Waals surface area contributed by atoms with E-state index < -0.39 is 0 Å². The topological polar surface area (TPSA) is 60.5 Å². The number of carbonyl (C=O) groups excluding carboxylic acids is 1. The van der Waals surface area contributed by atoms with Crippen molar-refractivity contribution in [3.8, 4) is 22.8 Å². The maximum atomic E-state index is 12.2. The molecular formula is C24H20N2O3. The van der Waals surface area contributed by atoms with Crippen molar-refractivity contribution in [2.75, 3.05) is 19.0 Å². The van der Waals surface area contributed by atoms with Crippen molar-refractivity contribution in [3.05, 3.63) is 84.9 Å². The van der Waals surface area contributed by atoms with Gasteiger partial charge in [-0.05, 0) is 30.3 Å². The highest BCUT2D eigenvalue weighted by Crippen LogP contribution is 2.31. The quantitative estimate of drug-likeness (QED) is 0.512. The number of amides is 1. The molecule has 1 N–H and O–H groups in total. The van der Waals surface area contributed by atoms with Gasteiger partial charge < -0.3 is 14.8 Å². The summed E-state index contributed by atoms with van der Waals surface area (Å²) >= 11 is 0. The van der Waals surface area contributed by atoms with Gasteiger partial charge in [0, 0.05) is 22.7 Å². The van der Waals surface area contributed by atoms with Crippen LogP contribution in [0.5, 0.6) is 11.5 Å². The Morgan fingerprint density at radius 1 is 0.931 bits per heavy atom. The predicted molar refractivity (Wildman–Crippen MR) is 114 cm³/mol. The summed E-state index contributed by atoms with van der Waals surface area (Å²) in [6, 6.07) is 26.6. The smallest absolute Gasteiger partial charge is 0.262 e. The summed E-state index contributed by atoms with van der Waals surface area (Å²) < 4.78 is 11.1. The van der Waals surface area contributed by atoms with Crippen molar-refractivity contribution in [1.82, 2.24) is 4.98 Å². The first kappa shape index (κ1) is 18.5. The van der Waals surface area contributed by atoms with Crippen LogP contribution in [0.3, 0.4) is 0 Å². The van der Waals surface area contributed by atoms with Crippen LogP contribution in [0, 0.1) is 0 Å². The van der Waals surface area contributed by atoms with Crippen LogP contribution < -0.4 is 14.8 Å². The maximum Gasteiger partial charge on any atom is 0.262 e. The minimum Gasteiger partial charge on any atom is -0.496 e. The predicted octanol–water partition coefficient (Wildman–Crippen LogP) is 4.93. The first-order valence-corrected chi connectivity index (χ1v) is 9.25. The van der Waals surface area contributed by atoms with Gasteiger partial charge in [0.05, 0.1) is 18.3 Å². The van der Waals surface area contributed by atoms with Crippen LogP contribution >= 0.6 is 0 Å². The van der Waals surface area contributed by atoms with Crippen LogP contribution in [0.4, 0.5) is 5.69 Å². The van der Waals surface area contributed by atoms with Gasteiger partial charge in [0.15, 0.2) is 6.61 Å². The summed E-state index contributed by atoms with van der Waals surface area (Å²) in [5, 5.41) is 3.68. The largest absolute Gasteiger partial charge is 0.496 e. The normalized spacial score (nSPS) is 10.5. The Morgan fingerprint density at radius 2 is 1.66 bits per heavy atom. The summed E-state index contributed by atoms with van der Waals surface area (Å²) in [5.74, 6) is 1.12. The van der Waals surface area contributed by atoms with Crippen molar-refractivity contribution in [2.45, 2.75) is 0 Å². The Kier molecular flexibility index (Phi) is 5.38. The second kappa shape index (κ2) is 8.44. The summed E-state index contributed by atoms with van der Waals surface area (Å²) in [6.07, 6.45) is 0. The Bertz CT molecular complexity index is 1130. The van der Waals surface area contributed by atoms with E-state index in [-0.39, 0.29) is 12.5 Å². The van der Waals surface area contributed by atoms with Gasteiger partial charge in [-0.1, -0.05) is 48.5 Å². The van der Waals surface area contributed by atoms with E-state index in [0.29, 0.717) is 17.2 Å². The maximum absolute atomic E-state index is 12.2. The fraction of sp³-hybridized carbons (Fsp3) is 0.0833. The molecule has 0 aliphatic carbocycles. The third kappa shape index (κ3) is 4.35. The van der Waals surface area contributed by atoms with E-state index in [0.717, 1.165) is 22.2 Å². The van der Waals surface area contributed by atoms with Gasteiger partial charge in [-0.25, -0.2) is 4.98 Å². The second-order valence-electron chi connectivity index (χ2n) is 6.46. The molecule has 4 aromatic rings. The molecule has 0 bridgehead atoms. The highest BCUT2D eigenvalue weighted by Gasteiger charge is 2.10. The van der Waals surface area contributed by atoms with Crippen LogP contribution in [0.15, 0.2) is 84.9 Å². The van der Waals surface area contributed by atoms with E-state index in [9.17, 15) is 4.79 Å². The third-order valence-corrected chi connectivity index (χ3v) is 4.46. The molecular weight excluding hydrogens is 364 g/mol. The molecule has 4 rings (SSSR count). The minimum atomic E-state index is -0.235. The van der Waals surface area contributed by atoms with E-state index in [1.54, 1.807) is 7.11 Å². The molecule has 0 atom stereocenters. The number of ether oxygens (including phenoxy) is 2. The lowest BCUT2D eigenvalue weighted by molar-refractivity contribution is -0.118. The first-order valence-electron chi connectivity index (χ1n) is 9.25. The Balaban J connectivity index is 1.55. The molecule has 29 heavy (non-hydrogen) atoms. The first-order chi connectivity index (χ1) is 14.2. The number of fused-ring (bicyclic) bond motifs is 1. The number of para-hydroxylation sites is 1. The lowest BCUT2D eigenvalue weighted by atomic mass is 10.1. The summed E-state index contributed by atoms with van der Waals surface area (Å²) in [4.78, 5) is 17.0. The van der Waals surface area contributed by atoms with Crippen molar-refractivity contribution in [3.63, 3.8) is 0 Å². The van der Waals surface area contributed by atoms with E-state index in [4.69, 9.17) is 14.5 Å². The number of hydrogen-bond acceptors (Lipinski definition) is 4. The summed E-state index contributed by atoms with van der Waals surface area (Å²) in [5.41, 5.74) is 3.31. The lowest BCUT2D eigenvalue weighted by Crippen LogP contribution is -2.20. The molecule has 1 aromatic heterocycles. The van der Waals surface area contributed by atoms with Crippen molar-refractivity contribution in [1.29, 1.82) is 0 Å². The van der Waals surface area contributed by atoms with Gasteiger partial charge in [-0.2, -0.15) is 0 Å². The van der Waals surface area contributed by atoms with E-state index in [1.165, 1.54) is 0 Å². The van der Waals surface area contributed by atoms with Crippen LogP contribution in [0.1, 0.15) is 0 Å². The van der Waals surface area contributed by atoms with E-state index >= 15 is 0 Å². The van der Waals surface area contributed by atoms with Gasteiger partial charge >= 0.3 is 0 Å². The molecule has 0 aliphatic rings. The van der Waals surface area contributed by atoms with Gasteiger partial charge in [-0.3, -0.25) is 4.79 Å². The fourth-order valence-electron chi connectivity index (χ4n) is 3.06. The number of anilines is 1. The number of methoxy groups -OCH3 is 1. The number of nitrogens with zero attached hydrogens (tertiary/aromatic N) is 1. The molecule has 144 valence electrons. The molecule has 0 fully saturated rings. The number of benzene rings is 3. The summed E-state index contributed by atoms with van der Waals surface area (Å²) in [7, 11) is 1.63. The number of aromatic nitrogens is 1. The molecule has 0 unspecified atom stereocenters. The van der Waals surface area contributed by atoms with Gasteiger partial charge in [0.1, 0.15) is 11.5 Å². The van der Waals surface area contributed by atoms with Crippen molar-refractivity contribution in [2.24, 2.45) is 0 Å². The van der Waals surface area contributed by atoms with Gasteiger partial charge in [0.2, 0.25) is 0 Å². The average molecular weight is 384 g/mol. The molecule has 0 aliphatic heterocycles. The Hall–Kier alpha value is -3.86. The second-order valence-corrected chi connectivity index (χ2v) is 6.46. The SMILES string of the molecule is COc1cc(-c2ccccc2)nc2ccc(NC(=O)COc3ccccc3)cc12. The van der Waals surface area contributed by atoms with Crippen LogP contribution in [-0.2, 0) is 4.79 Å². The molecule has 1 heterocycles. The Morgan fingerprint density at radius 3 is 2.38 bits per heavy atom. The molecule has 3 aromatic carbocycles. The zero-order chi connectivity index (χ0) is 20.1. The van der Waals surface area contributed by atoms with Gasteiger partial charge in [-0.15, -0.1) is 0 Å². The fourth-order valence-corrected chi connectivity index (χ4v) is 3.06. The minimum absolute atomic E-state index is 0.0651. The van der Waals surface area contributed by atoms with E-state index in [2.05, 4.69) is 5.32 Å². The molecule has 0 saturated heterocycles. The highest BCUT2D eigenvalue weighted by molar-refractivity contribution is 5.96. The number of carbonyl (C=O) groups is 1. The molecule has 0 saturated carbocycles. The average Bonchev–Trinajstić information content (AvgIpc) is 2.78. The van der Waals surface area contributed by atoms with Crippen molar-refractivity contribution < 1.29 is 14.3 Å². The number of rotatable bonds is 6. The molecule has 0 spiro atoms. The molecule has 5 nitrogen and oxygen atoms in total. The lowest BCUT2D eigenvalue weighted by Gasteiger charge is -2.11. The van der Waals surface area contributed by atoms with E-state index in [1.807, 2.05) is 84.9 Å².